The lowest BCUT2D eigenvalue weighted by molar-refractivity contribution is 0.0263. The molecule has 0 heterocycles. The molecule has 1 aliphatic rings. The van der Waals surface area contributed by atoms with Gasteiger partial charge in [-0.1, -0.05) is 24.3 Å². The molecule has 0 amide bonds. The van der Waals surface area contributed by atoms with E-state index in [4.69, 9.17) is 5.11 Å². The van der Waals surface area contributed by atoms with Crippen molar-refractivity contribution < 1.29 is 15.3 Å². The zero-order valence-electron chi connectivity index (χ0n) is 9.21. The molecule has 3 atom stereocenters. The molecule has 3 heteroatoms. The number of fused-ring (bicyclic) bond motifs is 1. The highest BCUT2D eigenvalue weighted by Gasteiger charge is 2.28. The van der Waals surface area contributed by atoms with Crippen LogP contribution in [0.1, 0.15) is 30.1 Å². The number of hydrogen-bond donors (Lipinski definition) is 3. The van der Waals surface area contributed by atoms with Crippen LogP contribution in [-0.2, 0) is 6.42 Å². The van der Waals surface area contributed by atoms with Gasteiger partial charge in [0.2, 0.25) is 0 Å². The van der Waals surface area contributed by atoms with E-state index in [-0.39, 0.29) is 12.5 Å². The number of benzene rings is 1. The first-order valence-electron chi connectivity index (χ1n) is 5.77. The van der Waals surface area contributed by atoms with Crippen molar-refractivity contribution in [3.8, 4) is 0 Å². The fourth-order valence-electron chi connectivity index (χ4n) is 2.47. The molecule has 0 saturated carbocycles. The van der Waals surface area contributed by atoms with Gasteiger partial charge in [0, 0.05) is 0 Å². The fraction of sp³-hybridized carbons (Fsp3) is 0.538. The molecule has 0 radical (unpaired) electrons. The molecular weight excluding hydrogens is 204 g/mol. The predicted octanol–water partition coefficient (Wildman–Crippen LogP) is 1.03. The highest BCUT2D eigenvalue weighted by molar-refractivity contribution is 5.31. The molecule has 0 saturated heterocycles. The first kappa shape index (κ1) is 11.6. The topological polar surface area (TPSA) is 60.7 Å². The molecule has 3 unspecified atom stereocenters. The molecule has 0 bridgehead atoms. The minimum Gasteiger partial charge on any atom is -0.394 e. The van der Waals surface area contributed by atoms with Crippen LogP contribution < -0.4 is 0 Å². The van der Waals surface area contributed by atoms with Gasteiger partial charge in [0.15, 0.2) is 0 Å². The Kier molecular flexibility index (Phi) is 3.59. The van der Waals surface area contributed by atoms with Gasteiger partial charge < -0.3 is 15.3 Å². The van der Waals surface area contributed by atoms with E-state index in [2.05, 4.69) is 0 Å². The number of aliphatic hydroxyl groups excluding tert-OH is 3. The third-order valence-corrected chi connectivity index (χ3v) is 3.39. The highest BCUT2D eigenvalue weighted by Crippen LogP contribution is 2.36. The van der Waals surface area contributed by atoms with Crippen molar-refractivity contribution in [3.63, 3.8) is 0 Å². The van der Waals surface area contributed by atoms with Crippen LogP contribution in [0.3, 0.4) is 0 Å². The molecule has 2 rings (SSSR count). The van der Waals surface area contributed by atoms with Gasteiger partial charge in [-0.15, -0.1) is 0 Å². The maximum atomic E-state index is 10.2. The largest absolute Gasteiger partial charge is 0.394 e. The molecule has 1 aromatic rings. The summed E-state index contributed by atoms with van der Waals surface area (Å²) in [5.74, 6) is 0.0528. The van der Waals surface area contributed by atoms with E-state index in [1.807, 2.05) is 24.3 Å². The van der Waals surface area contributed by atoms with E-state index in [1.54, 1.807) is 0 Å². The van der Waals surface area contributed by atoms with Gasteiger partial charge in [0.25, 0.3) is 0 Å². The molecule has 3 nitrogen and oxygen atoms in total. The lowest BCUT2D eigenvalue weighted by Crippen LogP contribution is -2.26. The first-order chi connectivity index (χ1) is 7.72. The van der Waals surface area contributed by atoms with Crippen molar-refractivity contribution in [2.45, 2.75) is 31.5 Å². The average Bonchev–Trinajstić information content (AvgIpc) is 2.33. The Morgan fingerprint density at radius 2 is 2.06 bits per heavy atom. The second-order valence-electron chi connectivity index (χ2n) is 4.51. The minimum atomic E-state index is -0.718. The van der Waals surface area contributed by atoms with Crippen LogP contribution in [0.25, 0.3) is 0 Å². The van der Waals surface area contributed by atoms with E-state index in [9.17, 15) is 10.2 Å². The van der Waals surface area contributed by atoms with Crippen LogP contribution in [0.4, 0.5) is 0 Å². The summed E-state index contributed by atoms with van der Waals surface area (Å²) < 4.78 is 0. The Hall–Kier alpha value is -0.900. The Morgan fingerprint density at radius 1 is 1.31 bits per heavy atom. The average molecular weight is 222 g/mol. The monoisotopic (exact) mass is 222 g/mol. The third-order valence-electron chi connectivity index (χ3n) is 3.39. The lowest BCUT2D eigenvalue weighted by atomic mass is 9.79. The maximum absolute atomic E-state index is 10.2. The Bertz CT molecular complexity index is 351. The van der Waals surface area contributed by atoms with Gasteiger partial charge in [-0.05, 0) is 36.3 Å². The first-order valence-corrected chi connectivity index (χ1v) is 5.77. The van der Waals surface area contributed by atoms with Crippen LogP contribution in [0.2, 0.25) is 0 Å². The molecule has 1 aromatic carbocycles. The van der Waals surface area contributed by atoms with Gasteiger partial charge >= 0.3 is 0 Å². The second-order valence-corrected chi connectivity index (χ2v) is 4.51. The number of hydrogen-bond acceptors (Lipinski definition) is 3. The lowest BCUT2D eigenvalue weighted by Gasteiger charge is -2.31. The maximum Gasteiger partial charge on any atom is 0.0821 e. The van der Waals surface area contributed by atoms with Crippen molar-refractivity contribution in [1.29, 1.82) is 0 Å². The van der Waals surface area contributed by atoms with Gasteiger partial charge in [-0.25, -0.2) is 0 Å². The van der Waals surface area contributed by atoms with Crippen molar-refractivity contribution in [3.05, 3.63) is 35.4 Å². The predicted molar refractivity (Wildman–Crippen MR) is 60.9 cm³/mol. The van der Waals surface area contributed by atoms with Crippen molar-refractivity contribution in [2.24, 2.45) is 5.92 Å². The van der Waals surface area contributed by atoms with Crippen LogP contribution in [-0.4, -0.2) is 28.0 Å². The van der Waals surface area contributed by atoms with Crippen LogP contribution in [0, 0.1) is 5.92 Å². The molecule has 16 heavy (non-hydrogen) atoms. The van der Waals surface area contributed by atoms with Gasteiger partial charge in [0.1, 0.15) is 0 Å². The standard InChI is InChI=1S/C13H18O3/c14-8-11(15)7-10-6-5-9-3-1-2-4-12(9)13(10)16/h1-4,10-11,13-16H,5-8H2. The molecule has 0 spiro atoms. The highest BCUT2D eigenvalue weighted by atomic mass is 16.3. The Labute approximate surface area is 95.4 Å². The van der Waals surface area contributed by atoms with Crippen molar-refractivity contribution >= 4 is 0 Å². The zero-order chi connectivity index (χ0) is 11.5. The molecule has 3 N–H and O–H groups in total. The number of aryl methyl sites for hydroxylation is 1. The summed E-state index contributed by atoms with van der Waals surface area (Å²) in [6.45, 7) is -0.231. The van der Waals surface area contributed by atoms with E-state index in [0.717, 1.165) is 18.4 Å². The summed E-state index contributed by atoms with van der Waals surface area (Å²) in [4.78, 5) is 0. The number of rotatable bonds is 3. The molecule has 0 aliphatic heterocycles. The van der Waals surface area contributed by atoms with E-state index in [1.165, 1.54) is 5.56 Å². The molecule has 0 aromatic heterocycles. The van der Waals surface area contributed by atoms with Crippen molar-refractivity contribution in [2.75, 3.05) is 6.61 Å². The van der Waals surface area contributed by atoms with E-state index < -0.39 is 12.2 Å². The van der Waals surface area contributed by atoms with Crippen LogP contribution >= 0.6 is 0 Å². The smallest absolute Gasteiger partial charge is 0.0821 e. The van der Waals surface area contributed by atoms with E-state index in [0.29, 0.717) is 6.42 Å². The van der Waals surface area contributed by atoms with Crippen LogP contribution in [0.15, 0.2) is 24.3 Å². The Morgan fingerprint density at radius 3 is 2.81 bits per heavy atom. The molecule has 0 fully saturated rings. The minimum absolute atomic E-state index is 0.0528. The normalized spacial score (nSPS) is 26.2. The van der Waals surface area contributed by atoms with Gasteiger partial charge in [-0.2, -0.15) is 0 Å². The molecule has 88 valence electrons. The third kappa shape index (κ3) is 2.26. The summed E-state index contributed by atoms with van der Waals surface area (Å²) in [6, 6.07) is 7.89. The molecular formula is C13H18O3. The summed E-state index contributed by atoms with van der Waals surface area (Å²) in [5, 5.41) is 28.4. The van der Waals surface area contributed by atoms with Gasteiger partial charge in [-0.3, -0.25) is 0 Å². The molecule has 1 aliphatic carbocycles. The summed E-state index contributed by atoms with van der Waals surface area (Å²) in [6.07, 6.45) is 1.05. The summed E-state index contributed by atoms with van der Waals surface area (Å²) in [5.41, 5.74) is 2.17. The summed E-state index contributed by atoms with van der Waals surface area (Å²) >= 11 is 0. The quantitative estimate of drug-likeness (QED) is 0.715. The summed E-state index contributed by atoms with van der Waals surface area (Å²) in [7, 11) is 0. The second kappa shape index (κ2) is 4.95. The fourth-order valence-corrected chi connectivity index (χ4v) is 2.47. The van der Waals surface area contributed by atoms with Crippen molar-refractivity contribution in [1.82, 2.24) is 0 Å². The SMILES string of the molecule is OCC(O)CC1CCc2ccccc2C1O. The van der Waals surface area contributed by atoms with Gasteiger partial charge in [0.05, 0.1) is 18.8 Å². The van der Waals surface area contributed by atoms with E-state index >= 15 is 0 Å². The van der Waals surface area contributed by atoms with Crippen LogP contribution in [0.5, 0.6) is 0 Å². The number of aliphatic hydroxyl groups is 3. The zero-order valence-corrected chi connectivity index (χ0v) is 9.21. The Balaban J connectivity index is 2.12.